The van der Waals surface area contributed by atoms with Gasteiger partial charge in [0.2, 0.25) is 0 Å². The quantitative estimate of drug-likeness (QED) is 0.0945. The first-order valence-electron chi connectivity index (χ1n) is 25.5. The van der Waals surface area contributed by atoms with Crippen LogP contribution in [0.1, 0.15) is 24.0 Å². The summed E-state index contributed by atoms with van der Waals surface area (Å²) in [4.78, 5) is 4.74. The Labute approximate surface area is 436 Å². The largest absolute Gasteiger partial charge is 0.311 e. The van der Waals surface area contributed by atoms with E-state index in [1.165, 1.54) is 27.8 Å². The second-order valence-corrected chi connectivity index (χ2v) is 18.5. The molecule has 0 aromatic heterocycles. The third-order valence-corrected chi connectivity index (χ3v) is 13.9. The second-order valence-electron chi connectivity index (χ2n) is 18.5. The molecule has 10 aromatic rings. The summed E-state index contributed by atoms with van der Waals surface area (Å²) >= 11 is 0. The van der Waals surface area contributed by atoms with Crippen LogP contribution in [-0.2, 0) is 0 Å². The average Bonchev–Trinajstić information content (AvgIpc) is 3.48. The average molecular weight is 949 g/mol. The van der Waals surface area contributed by atoms with Crippen LogP contribution in [0.4, 0.5) is 34.1 Å². The predicted octanol–water partition coefficient (Wildman–Crippen LogP) is 20.5. The molecule has 0 radical (unpaired) electrons. The number of hydrogen-bond donors (Lipinski definition) is 0. The molecule has 0 amide bonds. The molecule has 0 bridgehead atoms. The molecule has 2 nitrogen and oxygen atoms in total. The number of nitrogens with zero attached hydrogens (tertiary/aromatic N) is 2. The highest BCUT2D eigenvalue weighted by molar-refractivity contribution is 5.99. The van der Waals surface area contributed by atoms with Crippen LogP contribution in [0.5, 0.6) is 0 Å². The third kappa shape index (κ3) is 10.0. The molecule has 1 aliphatic rings. The standard InChI is InChI=1S/C72H56N2/c1-3-20-53(4-2)57-31-41-67(42-32-57)74(68-47-37-60(38-48-68)56-25-14-7-15-26-56)69-51-70(61-27-16-8-17-28-61)72(71(52-69)62-29-18-9-19-30-62)63-39-49-66(50-40-63)73(64-43-33-58(34-44-64)54-21-10-5-11-22-54)65-45-35-59(36-46-65)55-23-12-6-13-24-55/h3-5,7-12,14-52H,1-2,6,13H2/b53-20+. The van der Waals surface area contributed by atoms with E-state index in [1.807, 2.05) is 18.2 Å². The van der Waals surface area contributed by atoms with Crippen LogP contribution >= 0.6 is 0 Å². The maximum Gasteiger partial charge on any atom is 0.0474 e. The van der Waals surface area contributed by atoms with Crippen molar-refractivity contribution in [2.75, 3.05) is 9.80 Å². The molecule has 0 saturated heterocycles. The van der Waals surface area contributed by atoms with Gasteiger partial charge in [-0.25, -0.2) is 0 Å². The van der Waals surface area contributed by atoms with Crippen LogP contribution in [0.15, 0.2) is 304 Å². The van der Waals surface area contributed by atoms with Gasteiger partial charge in [0.25, 0.3) is 0 Å². The van der Waals surface area contributed by atoms with Crippen molar-refractivity contribution in [2.45, 2.75) is 12.8 Å². The highest BCUT2D eigenvalue weighted by Crippen LogP contribution is 2.47. The molecule has 0 atom stereocenters. The first-order chi connectivity index (χ1) is 36.6. The molecule has 0 N–H and O–H groups in total. The van der Waals surface area contributed by atoms with E-state index in [4.69, 9.17) is 0 Å². The van der Waals surface area contributed by atoms with E-state index in [-0.39, 0.29) is 0 Å². The van der Waals surface area contributed by atoms with Gasteiger partial charge in [-0.15, -0.1) is 0 Å². The predicted molar refractivity (Wildman–Crippen MR) is 318 cm³/mol. The zero-order valence-electron chi connectivity index (χ0n) is 41.4. The lowest BCUT2D eigenvalue weighted by Crippen LogP contribution is -2.11. The molecule has 10 aromatic carbocycles. The zero-order valence-corrected chi connectivity index (χ0v) is 41.4. The van der Waals surface area contributed by atoms with Gasteiger partial charge < -0.3 is 9.80 Å². The highest BCUT2D eigenvalue weighted by Gasteiger charge is 2.22. The normalized spacial score (nSPS) is 12.2. The van der Waals surface area contributed by atoms with Crippen molar-refractivity contribution < 1.29 is 0 Å². The minimum absolute atomic E-state index is 1.02. The van der Waals surface area contributed by atoms with Gasteiger partial charge in [-0.05, 0) is 164 Å². The summed E-state index contributed by atoms with van der Waals surface area (Å²) < 4.78 is 0. The van der Waals surface area contributed by atoms with Crippen LogP contribution in [0.3, 0.4) is 0 Å². The minimum Gasteiger partial charge on any atom is -0.311 e. The number of allylic oxidation sites excluding steroid dienone is 8. The summed E-state index contributed by atoms with van der Waals surface area (Å²) in [6.45, 7) is 8.04. The maximum atomic E-state index is 4.09. The van der Waals surface area contributed by atoms with Gasteiger partial charge >= 0.3 is 0 Å². The van der Waals surface area contributed by atoms with E-state index in [2.05, 4.69) is 296 Å². The molecule has 0 unspecified atom stereocenters. The van der Waals surface area contributed by atoms with E-state index in [0.29, 0.717) is 0 Å². The van der Waals surface area contributed by atoms with Crippen LogP contribution < -0.4 is 9.80 Å². The summed E-state index contributed by atoms with van der Waals surface area (Å²) in [6.07, 6.45) is 14.7. The zero-order chi connectivity index (χ0) is 50.1. The van der Waals surface area contributed by atoms with Crippen LogP contribution in [-0.4, -0.2) is 0 Å². The van der Waals surface area contributed by atoms with E-state index >= 15 is 0 Å². The Bertz CT molecular complexity index is 3550. The van der Waals surface area contributed by atoms with Crippen LogP contribution in [0.2, 0.25) is 0 Å². The van der Waals surface area contributed by atoms with Crippen molar-refractivity contribution in [2.24, 2.45) is 0 Å². The summed E-state index contributed by atoms with van der Waals surface area (Å²) in [7, 11) is 0. The Balaban J connectivity index is 1.07. The van der Waals surface area contributed by atoms with E-state index in [1.54, 1.807) is 0 Å². The maximum absolute atomic E-state index is 4.09. The molecule has 0 saturated carbocycles. The Morgan fingerprint density at radius 2 is 0.716 bits per heavy atom. The molecule has 0 fully saturated rings. The lowest BCUT2D eigenvalue weighted by molar-refractivity contribution is 1.04. The van der Waals surface area contributed by atoms with E-state index in [0.717, 1.165) is 97.0 Å². The molecular weight excluding hydrogens is 893 g/mol. The Kier molecular flexibility index (Phi) is 13.8. The Hall–Kier alpha value is -9.50. The van der Waals surface area contributed by atoms with Crippen molar-refractivity contribution in [1.82, 2.24) is 0 Å². The molecule has 0 aliphatic heterocycles. The number of rotatable bonds is 15. The molecular formula is C72H56N2. The lowest BCUT2D eigenvalue weighted by Gasteiger charge is -2.29. The Morgan fingerprint density at radius 1 is 0.351 bits per heavy atom. The van der Waals surface area contributed by atoms with Gasteiger partial charge in [-0.2, -0.15) is 0 Å². The summed E-state index contributed by atoms with van der Waals surface area (Å²) in [5.74, 6) is 0. The fraction of sp³-hybridized carbons (Fsp3) is 0.0278. The number of hydrogen-bond acceptors (Lipinski definition) is 2. The van der Waals surface area contributed by atoms with Gasteiger partial charge in [-0.1, -0.05) is 232 Å². The van der Waals surface area contributed by atoms with Gasteiger partial charge in [0, 0.05) is 34.1 Å². The fourth-order valence-electron chi connectivity index (χ4n) is 10.1. The molecule has 0 spiro atoms. The fourth-order valence-corrected chi connectivity index (χ4v) is 10.1. The third-order valence-electron chi connectivity index (χ3n) is 13.9. The summed E-state index contributed by atoms with van der Waals surface area (Å²) in [6, 6.07) is 92.3. The van der Waals surface area contributed by atoms with E-state index < -0.39 is 0 Å². The molecule has 1 aliphatic carbocycles. The van der Waals surface area contributed by atoms with Gasteiger partial charge in [0.1, 0.15) is 0 Å². The van der Waals surface area contributed by atoms with Crippen LogP contribution in [0, 0.1) is 0 Å². The first kappa shape index (κ1) is 46.9. The lowest BCUT2D eigenvalue weighted by atomic mass is 9.86. The Morgan fingerprint density at radius 3 is 1.11 bits per heavy atom. The van der Waals surface area contributed by atoms with Crippen molar-refractivity contribution in [1.29, 1.82) is 0 Å². The SMILES string of the molecule is C=C/C=C(\C=C)c1ccc(N(c2ccc(-c3ccccc3)cc2)c2cc(-c3ccccc3)c(-c3ccc(N(c4ccc(C5=CCCC=C5)cc4)c4ccc(-c5ccccc5)cc4)cc3)c(-c3ccccc3)c2)cc1. The first-order valence-corrected chi connectivity index (χ1v) is 25.5. The van der Waals surface area contributed by atoms with E-state index in [9.17, 15) is 0 Å². The summed E-state index contributed by atoms with van der Waals surface area (Å²) in [5.41, 5.74) is 22.5. The van der Waals surface area contributed by atoms with Gasteiger partial charge in [-0.3, -0.25) is 0 Å². The monoisotopic (exact) mass is 948 g/mol. The molecule has 11 rings (SSSR count). The molecule has 2 heteroatoms. The smallest absolute Gasteiger partial charge is 0.0474 e. The number of benzene rings is 10. The topological polar surface area (TPSA) is 6.48 Å². The molecule has 74 heavy (non-hydrogen) atoms. The van der Waals surface area contributed by atoms with Crippen molar-refractivity contribution in [3.63, 3.8) is 0 Å². The minimum atomic E-state index is 1.02. The summed E-state index contributed by atoms with van der Waals surface area (Å²) in [5, 5.41) is 0. The second kappa shape index (κ2) is 21.9. The molecule has 354 valence electrons. The van der Waals surface area contributed by atoms with Gasteiger partial charge in [0.05, 0.1) is 0 Å². The van der Waals surface area contributed by atoms with Crippen molar-refractivity contribution >= 4 is 45.3 Å². The highest BCUT2D eigenvalue weighted by atomic mass is 15.1. The van der Waals surface area contributed by atoms with Crippen molar-refractivity contribution in [3.8, 4) is 55.6 Å². The molecule has 0 heterocycles. The number of anilines is 6. The van der Waals surface area contributed by atoms with Crippen molar-refractivity contribution in [3.05, 3.63) is 316 Å². The van der Waals surface area contributed by atoms with Crippen LogP contribution in [0.25, 0.3) is 66.8 Å². The van der Waals surface area contributed by atoms with Gasteiger partial charge in [0.15, 0.2) is 0 Å².